The zero-order chi connectivity index (χ0) is 12.1. The second-order valence-electron chi connectivity index (χ2n) is 3.21. The number of hydrazine groups is 1. The van der Waals surface area contributed by atoms with E-state index in [1.54, 1.807) is 0 Å². The average molecular weight is 268 g/mol. The van der Waals surface area contributed by atoms with Gasteiger partial charge in [-0.1, -0.05) is 30.3 Å². The molecule has 0 saturated carbocycles. The highest BCUT2D eigenvalue weighted by atomic mass is 35.5. The van der Waals surface area contributed by atoms with Crippen LogP contribution in [0.2, 0.25) is 0 Å². The summed E-state index contributed by atoms with van der Waals surface area (Å²) in [6.45, 7) is 0. The van der Waals surface area contributed by atoms with E-state index in [-0.39, 0.29) is 11.8 Å². The quantitative estimate of drug-likeness (QED) is 0.661. The van der Waals surface area contributed by atoms with Crippen LogP contribution in [0.5, 0.6) is 0 Å². The molecule has 6 heteroatoms. The fourth-order valence-electron chi connectivity index (χ4n) is 1.23. The number of carbonyl (C=O) groups excluding carboxylic acids is 1. The van der Waals surface area contributed by atoms with Gasteiger partial charge in [0.15, 0.2) is 0 Å². The minimum absolute atomic E-state index is 0.0794. The highest BCUT2D eigenvalue weighted by molar-refractivity contribution is 7.14. The molecule has 0 fully saturated rings. The summed E-state index contributed by atoms with van der Waals surface area (Å²) in [5, 5.41) is 2.55. The van der Waals surface area contributed by atoms with Crippen molar-refractivity contribution in [2.24, 2.45) is 0 Å². The Bertz CT molecular complexity index is 500. The van der Waals surface area contributed by atoms with Gasteiger partial charge in [-0.3, -0.25) is 15.6 Å². The van der Waals surface area contributed by atoms with E-state index in [1.807, 2.05) is 35.7 Å². The molecule has 1 aromatic heterocycles. The number of anilines is 1. The number of carbonyl (C=O) groups is 1. The molecule has 1 aromatic carbocycles. The Morgan fingerprint density at radius 2 is 2.12 bits per heavy atom. The fourth-order valence-corrected chi connectivity index (χ4v) is 1.97. The van der Waals surface area contributed by atoms with Gasteiger partial charge in [0.05, 0.1) is 5.69 Å². The number of aromatic nitrogens is 1. The molecule has 2 rings (SSSR count). The van der Waals surface area contributed by atoms with E-state index in [0.717, 1.165) is 11.3 Å². The van der Waals surface area contributed by atoms with Crippen LogP contribution in [0, 0.1) is 0 Å². The Morgan fingerprint density at radius 1 is 1.35 bits per heavy atom. The summed E-state index contributed by atoms with van der Waals surface area (Å²) in [4.78, 5) is 15.3. The van der Waals surface area contributed by atoms with Gasteiger partial charge in [-0.2, -0.15) is 0 Å². The van der Waals surface area contributed by atoms with Crippen molar-refractivity contribution in [3.05, 3.63) is 35.7 Å². The lowest BCUT2D eigenvalue weighted by atomic mass is 10.2. The second-order valence-corrected chi connectivity index (χ2v) is 4.34. The third kappa shape index (κ3) is 3.18. The lowest BCUT2D eigenvalue weighted by Gasteiger charge is -2.01. The van der Waals surface area contributed by atoms with E-state index in [2.05, 4.69) is 15.8 Å². The lowest BCUT2D eigenvalue weighted by Crippen LogP contribution is -2.30. The predicted molar refractivity (Wildman–Crippen MR) is 70.0 cm³/mol. The summed E-state index contributed by atoms with van der Waals surface area (Å²) in [6.07, 6.45) is 0. The fraction of sp³-hybridized carbons (Fsp3) is 0.0909. The van der Waals surface area contributed by atoms with Crippen LogP contribution in [0.1, 0.15) is 0 Å². The van der Waals surface area contributed by atoms with Crippen molar-refractivity contribution in [3.8, 4) is 11.3 Å². The third-order valence-electron chi connectivity index (χ3n) is 2.00. The highest BCUT2D eigenvalue weighted by Crippen LogP contribution is 2.23. The van der Waals surface area contributed by atoms with Crippen molar-refractivity contribution in [1.29, 1.82) is 0 Å². The van der Waals surface area contributed by atoms with Gasteiger partial charge in [0, 0.05) is 10.9 Å². The van der Waals surface area contributed by atoms with Gasteiger partial charge in [0.1, 0.15) is 5.88 Å². The van der Waals surface area contributed by atoms with Gasteiger partial charge in [0.2, 0.25) is 5.13 Å². The number of amides is 1. The Morgan fingerprint density at radius 3 is 2.82 bits per heavy atom. The van der Waals surface area contributed by atoms with Gasteiger partial charge in [-0.25, -0.2) is 4.98 Å². The minimum atomic E-state index is -0.289. The summed E-state index contributed by atoms with van der Waals surface area (Å²) in [5.41, 5.74) is 7.06. The molecule has 88 valence electrons. The van der Waals surface area contributed by atoms with Gasteiger partial charge in [-0.05, 0) is 0 Å². The van der Waals surface area contributed by atoms with Crippen molar-refractivity contribution in [1.82, 2.24) is 10.4 Å². The molecule has 4 nitrogen and oxygen atoms in total. The number of rotatable bonds is 4. The average Bonchev–Trinajstić information content (AvgIpc) is 2.86. The minimum Gasteiger partial charge on any atom is -0.273 e. The summed E-state index contributed by atoms with van der Waals surface area (Å²) in [7, 11) is 0. The number of halogens is 1. The van der Waals surface area contributed by atoms with E-state index in [9.17, 15) is 4.79 Å². The molecular formula is C11H10ClN3OS. The summed E-state index contributed by atoms with van der Waals surface area (Å²) >= 11 is 6.77. The van der Waals surface area contributed by atoms with Crippen LogP contribution >= 0.6 is 22.9 Å². The Labute approximate surface area is 108 Å². The molecule has 0 spiro atoms. The number of hydrogen-bond donors (Lipinski definition) is 2. The van der Waals surface area contributed by atoms with Crippen LogP contribution in [0.4, 0.5) is 5.13 Å². The smallest absolute Gasteiger partial charge is 0.253 e. The largest absolute Gasteiger partial charge is 0.273 e. The van der Waals surface area contributed by atoms with E-state index in [1.165, 1.54) is 11.3 Å². The SMILES string of the molecule is O=C(CCl)NNc1nc(-c2ccccc2)cs1. The number of alkyl halides is 1. The van der Waals surface area contributed by atoms with Crippen LogP contribution in [-0.2, 0) is 4.79 Å². The van der Waals surface area contributed by atoms with Crippen molar-refractivity contribution >= 4 is 34.0 Å². The molecule has 2 aromatic rings. The van der Waals surface area contributed by atoms with E-state index in [0.29, 0.717) is 5.13 Å². The normalized spacial score (nSPS) is 9.94. The number of nitrogens with one attached hydrogen (secondary N) is 2. The van der Waals surface area contributed by atoms with Crippen molar-refractivity contribution in [3.63, 3.8) is 0 Å². The molecule has 0 atom stereocenters. The maximum Gasteiger partial charge on any atom is 0.253 e. The zero-order valence-electron chi connectivity index (χ0n) is 8.81. The van der Waals surface area contributed by atoms with Crippen LogP contribution in [0.25, 0.3) is 11.3 Å². The van der Waals surface area contributed by atoms with Gasteiger partial charge in [-0.15, -0.1) is 22.9 Å². The van der Waals surface area contributed by atoms with Crippen molar-refractivity contribution in [2.75, 3.05) is 11.3 Å². The molecule has 0 aliphatic rings. The number of benzene rings is 1. The summed E-state index contributed by atoms with van der Waals surface area (Å²) in [6, 6.07) is 9.83. The monoisotopic (exact) mass is 267 g/mol. The first-order valence-corrected chi connectivity index (χ1v) is 6.33. The zero-order valence-corrected chi connectivity index (χ0v) is 10.4. The van der Waals surface area contributed by atoms with Crippen LogP contribution < -0.4 is 10.9 Å². The number of thiazole rings is 1. The van der Waals surface area contributed by atoms with E-state index >= 15 is 0 Å². The third-order valence-corrected chi connectivity index (χ3v) is 3.00. The lowest BCUT2D eigenvalue weighted by molar-refractivity contribution is -0.118. The summed E-state index contributed by atoms with van der Waals surface area (Å²) in [5.74, 6) is -0.368. The molecule has 0 radical (unpaired) electrons. The maximum atomic E-state index is 10.9. The first-order chi connectivity index (χ1) is 8.29. The molecule has 1 amide bonds. The highest BCUT2D eigenvalue weighted by Gasteiger charge is 2.04. The first kappa shape index (κ1) is 11.9. The van der Waals surface area contributed by atoms with E-state index < -0.39 is 0 Å². The van der Waals surface area contributed by atoms with Gasteiger partial charge >= 0.3 is 0 Å². The Hall–Kier alpha value is -1.59. The van der Waals surface area contributed by atoms with Crippen LogP contribution in [0.15, 0.2) is 35.7 Å². The van der Waals surface area contributed by atoms with Crippen LogP contribution in [0.3, 0.4) is 0 Å². The molecule has 2 N–H and O–H groups in total. The number of nitrogens with zero attached hydrogens (tertiary/aromatic N) is 1. The molecule has 0 unspecified atom stereocenters. The molecule has 0 aliphatic carbocycles. The maximum absolute atomic E-state index is 10.9. The predicted octanol–water partition coefficient (Wildman–Crippen LogP) is 2.49. The molecule has 0 aliphatic heterocycles. The standard InChI is InChI=1S/C11H10ClN3OS/c12-6-10(16)14-15-11-13-9(7-17-11)8-4-2-1-3-5-8/h1-5,7H,6H2,(H,13,15)(H,14,16). The molecule has 0 saturated heterocycles. The van der Waals surface area contributed by atoms with Crippen LogP contribution in [-0.4, -0.2) is 16.8 Å². The van der Waals surface area contributed by atoms with Gasteiger partial charge < -0.3 is 0 Å². The summed E-state index contributed by atoms with van der Waals surface area (Å²) < 4.78 is 0. The van der Waals surface area contributed by atoms with Crippen molar-refractivity contribution in [2.45, 2.75) is 0 Å². The topological polar surface area (TPSA) is 54.0 Å². The molecular weight excluding hydrogens is 258 g/mol. The number of hydrogen-bond acceptors (Lipinski definition) is 4. The molecule has 0 bridgehead atoms. The molecule has 1 heterocycles. The Kier molecular flexibility index (Phi) is 3.95. The van der Waals surface area contributed by atoms with Crippen molar-refractivity contribution < 1.29 is 4.79 Å². The first-order valence-electron chi connectivity index (χ1n) is 4.91. The van der Waals surface area contributed by atoms with E-state index in [4.69, 9.17) is 11.6 Å². The second kappa shape index (κ2) is 5.65. The Balaban J connectivity index is 2.04. The van der Waals surface area contributed by atoms with Gasteiger partial charge in [0.25, 0.3) is 5.91 Å². The molecule has 17 heavy (non-hydrogen) atoms.